The van der Waals surface area contributed by atoms with Crippen LogP contribution in [0.25, 0.3) is 0 Å². The molecule has 0 bridgehead atoms. The van der Waals surface area contributed by atoms with Gasteiger partial charge in [-0.1, -0.05) is 0 Å². The van der Waals surface area contributed by atoms with E-state index in [1.165, 1.54) is 0 Å². The highest BCUT2D eigenvalue weighted by Crippen LogP contribution is 2.31. The van der Waals surface area contributed by atoms with Crippen molar-refractivity contribution >= 4 is 11.9 Å². The lowest BCUT2D eigenvalue weighted by Gasteiger charge is -2.36. The minimum absolute atomic E-state index is 0.302. The highest BCUT2D eigenvalue weighted by atomic mass is 16.3. The fourth-order valence-corrected chi connectivity index (χ4v) is 3.21. The first-order valence-electron chi connectivity index (χ1n) is 8.98. The van der Waals surface area contributed by atoms with Crippen molar-refractivity contribution in [1.82, 2.24) is 20.6 Å². The van der Waals surface area contributed by atoms with Gasteiger partial charge in [-0.3, -0.25) is 4.99 Å². The number of anilines is 1. The van der Waals surface area contributed by atoms with E-state index in [-0.39, 0.29) is 0 Å². The van der Waals surface area contributed by atoms with E-state index in [2.05, 4.69) is 37.4 Å². The summed E-state index contributed by atoms with van der Waals surface area (Å²) in [6.07, 6.45) is 8.58. The molecule has 7 heteroatoms. The summed E-state index contributed by atoms with van der Waals surface area (Å²) in [5.41, 5.74) is -0.584. The molecule has 0 aromatic carbocycles. The molecule has 1 aliphatic carbocycles. The average molecular weight is 332 g/mol. The number of guanidine groups is 1. The van der Waals surface area contributed by atoms with Gasteiger partial charge >= 0.3 is 0 Å². The average Bonchev–Trinajstić information content (AvgIpc) is 2.59. The number of nitrogens with one attached hydrogen (secondary N) is 2. The summed E-state index contributed by atoms with van der Waals surface area (Å²) in [4.78, 5) is 15.5. The zero-order valence-electron chi connectivity index (χ0n) is 14.4. The standard InChI is InChI=1S/C17H28N6O/c1-2-18-15(21-13-17(24)7-4-8-17)22-14-6-3-11-23(12-14)16-19-9-5-10-20-16/h5,9-10,14,24H,2-4,6-8,11-13H2,1H3,(H2,18,21,22). The van der Waals surface area contributed by atoms with Crippen LogP contribution < -0.4 is 15.5 Å². The van der Waals surface area contributed by atoms with Crippen LogP contribution in [0.15, 0.2) is 23.5 Å². The predicted octanol–water partition coefficient (Wildman–Crippen LogP) is 0.915. The van der Waals surface area contributed by atoms with Crippen molar-refractivity contribution in [1.29, 1.82) is 0 Å². The van der Waals surface area contributed by atoms with Crippen molar-refractivity contribution in [3.05, 3.63) is 18.5 Å². The lowest BCUT2D eigenvalue weighted by Crippen LogP contribution is -2.52. The molecule has 1 unspecified atom stereocenters. The quantitative estimate of drug-likeness (QED) is 0.549. The Morgan fingerprint density at radius 2 is 2.17 bits per heavy atom. The molecule has 1 saturated carbocycles. The Morgan fingerprint density at radius 3 is 2.83 bits per heavy atom. The molecule has 1 atom stereocenters. The Kier molecular flexibility index (Phi) is 5.50. The van der Waals surface area contributed by atoms with Gasteiger partial charge in [0.1, 0.15) is 0 Å². The van der Waals surface area contributed by atoms with Gasteiger partial charge in [0.05, 0.1) is 12.1 Å². The fourth-order valence-electron chi connectivity index (χ4n) is 3.21. The van der Waals surface area contributed by atoms with E-state index in [0.29, 0.717) is 12.6 Å². The van der Waals surface area contributed by atoms with Gasteiger partial charge in [-0.15, -0.1) is 0 Å². The zero-order chi connectivity index (χ0) is 16.8. The fraction of sp³-hybridized carbons (Fsp3) is 0.706. The molecule has 2 aliphatic rings. The van der Waals surface area contributed by atoms with Crippen molar-refractivity contribution in [3.8, 4) is 0 Å². The minimum atomic E-state index is -0.584. The predicted molar refractivity (Wildman–Crippen MR) is 95.2 cm³/mol. The second-order valence-electron chi connectivity index (χ2n) is 6.75. The maximum atomic E-state index is 10.2. The minimum Gasteiger partial charge on any atom is -0.388 e. The van der Waals surface area contributed by atoms with Gasteiger partial charge in [-0.25, -0.2) is 9.97 Å². The van der Waals surface area contributed by atoms with Crippen LogP contribution in [0.3, 0.4) is 0 Å². The number of hydrogen-bond acceptors (Lipinski definition) is 5. The molecule has 0 amide bonds. The second kappa shape index (κ2) is 7.79. The summed E-state index contributed by atoms with van der Waals surface area (Å²) in [6.45, 7) is 5.18. The number of aliphatic imine (C=N–C) groups is 1. The molecule has 7 nitrogen and oxygen atoms in total. The molecular formula is C17H28N6O. The van der Waals surface area contributed by atoms with Crippen LogP contribution in [0.1, 0.15) is 39.0 Å². The molecule has 1 aliphatic heterocycles. The van der Waals surface area contributed by atoms with E-state index in [1.807, 2.05) is 6.07 Å². The molecule has 24 heavy (non-hydrogen) atoms. The Morgan fingerprint density at radius 1 is 1.38 bits per heavy atom. The van der Waals surface area contributed by atoms with Gasteiger partial charge in [0, 0.05) is 38.1 Å². The maximum Gasteiger partial charge on any atom is 0.225 e. The monoisotopic (exact) mass is 332 g/mol. The van der Waals surface area contributed by atoms with E-state index >= 15 is 0 Å². The Labute approximate surface area is 143 Å². The third-order valence-corrected chi connectivity index (χ3v) is 4.76. The third kappa shape index (κ3) is 4.35. The Balaban J connectivity index is 1.58. The summed E-state index contributed by atoms with van der Waals surface area (Å²) < 4.78 is 0. The molecule has 132 valence electrons. The number of rotatable bonds is 5. The van der Waals surface area contributed by atoms with E-state index in [1.54, 1.807) is 12.4 Å². The van der Waals surface area contributed by atoms with Gasteiger partial charge in [0.15, 0.2) is 5.96 Å². The summed E-state index contributed by atoms with van der Waals surface area (Å²) in [6, 6.07) is 2.14. The molecule has 1 saturated heterocycles. The Bertz CT molecular complexity index is 545. The molecule has 2 fully saturated rings. The van der Waals surface area contributed by atoms with Crippen LogP contribution in [0.5, 0.6) is 0 Å². The summed E-state index contributed by atoms with van der Waals surface area (Å²) in [5.74, 6) is 1.58. The molecule has 2 heterocycles. The first-order valence-corrected chi connectivity index (χ1v) is 8.98. The van der Waals surface area contributed by atoms with E-state index in [0.717, 1.165) is 63.6 Å². The van der Waals surface area contributed by atoms with Gasteiger partial charge < -0.3 is 20.6 Å². The van der Waals surface area contributed by atoms with Gasteiger partial charge in [-0.05, 0) is 45.1 Å². The second-order valence-corrected chi connectivity index (χ2v) is 6.75. The number of piperidine rings is 1. The first kappa shape index (κ1) is 17.0. The lowest BCUT2D eigenvalue weighted by molar-refractivity contribution is -0.0236. The summed E-state index contributed by atoms with van der Waals surface area (Å²) >= 11 is 0. The molecule has 1 aromatic heterocycles. The lowest BCUT2D eigenvalue weighted by atomic mass is 9.80. The smallest absolute Gasteiger partial charge is 0.225 e. The molecule has 0 radical (unpaired) electrons. The molecule has 3 N–H and O–H groups in total. The first-order chi connectivity index (χ1) is 11.7. The summed E-state index contributed by atoms with van der Waals surface area (Å²) in [5, 5.41) is 17.0. The van der Waals surface area contributed by atoms with Gasteiger partial charge in [-0.2, -0.15) is 0 Å². The van der Waals surface area contributed by atoms with Crippen LogP contribution in [0, 0.1) is 0 Å². The van der Waals surface area contributed by atoms with Crippen LogP contribution >= 0.6 is 0 Å². The highest BCUT2D eigenvalue weighted by molar-refractivity contribution is 5.80. The Hall–Kier alpha value is -1.89. The summed E-state index contributed by atoms with van der Waals surface area (Å²) in [7, 11) is 0. The van der Waals surface area contributed by atoms with Gasteiger partial charge in [0.25, 0.3) is 0 Å². The van der Waals surface area contributed by atoms with Crippen molar-refractivity contribution < 1.29 is 5.11 Å². The van der Waals surface area contributed by atoms with Gasteiger partial charge in [0.2, 0.25) is 5.95 Å². The third-order valence-electron chi connectivity index (χ3n) is 4.76. The largest absolute Gasteiger partial charge is 0.388 e. The van der Waals surface area contributed by atoms with Crippen molar-refractivity contribution in [2.75, 3.05) is 31.1 Å². The van der Waals surface area contributed by atoms with Crippen molar-refractivity contribution in [2.24, 2.45) is 4.99 Å². The number of aromatic nitrogens is 2. The normalized spacial score (nSPS) is 23.5. The highest BCUT2D eigenvalue weighted by Gasteiger charge is 2.34. The van der Waals surface area contributed by atoms with E-state index in [9.17, 15) is 5.11 Å². The van der Waals surface area contributed by atoms with Crippen LogP contribution in [0.2, 0.25) is 0 Å². The molecule has 3 rings (SSSR count). The molecular weight excluding hydrogens is 304 g/mol. The van der Waals surface area contributed by atoms with E-state index in [4.69, 9.17) is 0 Å². The van der Waals surface area contributed by atoms with E-state index < -0.39 is 5.60 Å². The SMILES string of the molecule is CCNC(=NCC1(O)CCC1)NC1CCCN(c2ncccn2)C1. The maximum absolute atomic E-state index is 10.2. The topological polar surface area (TPSA) is 85.7 Å². The zero-order valence-corrected chi connectivity index (χ0v) is 14.4. The van der Waals surface area contributed by atoms with Crippen molar-refractivity contribution in [2.45, 2.75) is 50.7 Å². The van der Waals surface area contributed by atoms with Crippen molar-refractivity contribution in [3.63, 3.8) is 0 Å². The number of hydrogen-bond donors (Lipinski definition) is 3. The number of aliphatic hydroxyl groups is 1. The van der Waals surface area contributed by atoms with Crippen LogP contribution in [0.4, 0.5) is 5.95 Å². The molecule has 0 spiro atoms. The van der Waals surface area contributed by atoms with Crippen LogP contribution in [-0.4, -0.2) is 58.9 Å². The molecule has 1 aromatic rings. The van der Waals surface area contributed by atoms with Crippen LogP contribution in [-0.2, 0) is 0 Å². The number of nitrogens with zero attached hydrogens (tertiary/aromatic N) is 4.